The molecule has 42 heavy (non-hydrogen) atoms. The van der Waals surface area contributed by atoms with Gasteiger partial charge in [-0.05, 0) is 89.5 Å². The average Bonchev–Trinajstić information content (AvgIpc) is 2.99. The quantitative estimate of drug-likeness (QED) is 0.166. The Balaban J connectivity index is 0.000000388. The van der Waals surface area contributed by atoms with Crippen LogP contribution < -0.4 is 10.5 Å². The number of aryl methyl sites for hydroxylation is 1. The van der Waals surface area contributed by atoms with Gasteiger partial charge in [-0.2, -0.15) is 0 Å². The van der Waals surface area contributed by atoms with E-state index >= 15 is 0 Å². The lowest BCUT2D eigenvalue weighted by Gasteiger charge is -2.32. The number of aliphatic imine (C=N–C) groups is 1. The third-order valence-corrected chi connectivity index (χ3v) is 7.14. The number of aliphatic hydroxyl groups excluding tert-OH is 1. The van der Waals surface area contributed by atoms with E-state index in [9.17, 15) is 9.18 Å². The molecular formula is C34H56FN3O4. The highest BCUT2D eigenvalue weighted by Gasteiger charge is 2.28. The summed E-state index contributed by atoms with van der Waals surface area (Å²) in [5, 5.41) is 9.16. The molecule has 2 fully saturated rings. The second-order valence-corrected chi connectivity index (χ2v) is 10.8. The fraction of sp³-hybridized carbons (Fsp3) is 0.647. The Morgan fingerprint density at radius 1 is 1.24 bits per heavy atom. The first-order valence-electron chi connectivity index (χ1n) is 15.8. The van der Waals surface area contributed by atoms with Gasteiger partial charge in [-0.15, -0.1) is 6.58 Å². The number of morpholine rings is 1. The molecule has 0 radical (unpaired) electrons. The number of nitrogens with two attached hydrogens (primary N) is 1. The lowest BCUT2D eigenvalue weighted by Crippen LogP contribution is -2.48. The molecule has 0 bridgehead atoms. The third kappa shape index (κ3) is 13.5. The van der Waals surface area contributed by atoms with Crippen LogP contribution in [0, 0.1) is 12.7 Å². The zero-order chi connectivity index (χ0) is 31.3. The lowest BCUT2D eigenvalue weighted by molar-refractivity contribution is -0.136. The topological polar surface area (TPSA) is 97.4 Å². The normalized spacial score (nSPS) is 19.5. The lowest BCUT2D eigenvalue weighted by atomic mass is 9.90. The molecule has 238 valence electrons. The molecule has 0 aromatic heterocycles. The summed E-state index contributed by atoms with van der Waals surface area (Å²) in [6.45, 7) is 15.5. The first-order valence-corrected chi connectivity index (χ1v) is 15.8. The van der Waals surface area contributed by atoms with Crippen molar-refractivity contribution >= 4 is 11.6 Å². The van der Waals surface area contributed by atoms with E-state index in [-0.39, 0.29) is 30.5 Å². The highest BCUT2D eigenvalue weighted by molar-refractivity contribution is 6.08. The minimum absolute atomic E-state index is 0.0806. The molecule has 1 saturated carbocycles. The molecule has 2 aliphatic rings. The van der Waals surface area contributed by atoms with Gasteiger partial charge >= 0.3 is 0 Å². The summed E-state index contributed by atoms with van der Waals surface area (Å²) in [7, 11) is 0. The van der Waals surface area contributed by atoms with Crippen molar-refractivity contribution in [3.8, 4) is 5.75 Å². The van der Waals surface area contributed by atoms with E-state index in [0.717, 1.165) is 67.5 Å². The summed E-state index contributed by atoms with van der Waals surface area (Å²) >= 11 is 0. The maximum absolute atomic E-state index is 13.0. The Morgan fingerprint density at radius 2 is 1.95 bits per heavy atom. The predicted molar refractivity (Wildman–Crippen MR) is 172 cm³/mol. The van der Waals surface area contributed by atoms with Crippen LogP contribution in [0.5, 0.6) is 5.75 Å². The Labute approximate surface area is 254 Å². The van der Waals surface area contributed by atoms with Crippen LogP contribution in [0.25, 0.3) is 0 Å². The first-order chi connectivity index (χ1) is 20.3. The van der Waals surface area contributed by atoms with Gasteiger partial charge in [-0.3, -0.25) is 9.79 Å². The van der Waals surface area contributed by atoms with Crippen molar-refractivity contribution in [1.82, 2.24) is 4.90 Å². The first kappa shape index (κ1) is 37.3. The summed E-state index contributed by atoms with van der Waals surface area (Å²) in [6.07, 6.45) is 12.6. The van der Waals surface area contributed by atoms with Gasteiger partial charge in [-0.1, -0.05) is 39.2 Å². The van der Waals surface area contributed by atoms with E-state index in [4.69, 9.17) is 20.3 Å². The number of hydrogen-bond acceptors (Lipinski definition) is 6. The molecule has 2 atom stereocenters. The molecule has 1 saturated heterocycles. The van der Waals surface area contributed by atoms with Gasteiger partial charge in [0, 0.05) is 30.9 Å². The predicted octanol–water partition coefficient (Wildman–Crippen LogP) is 6.91. The number of hydrogen-bond donors (Lipinski definition) is 2. The number of carbonyl (C=O) groups is 1. The summed E-state index contributed by atoms with van der Waals surface area (Å²) in [6, 6.07) is 4.74. The van der Waals surface area contributed by atoms with Crippen LogP contribution in [0.3, 0.4) is 0 Å². The fourth-order valence-electron chi connectivity index (χ4n) is 4.99. The minimum atomic E-state index is -0.310. The van der Waals surface area contributed by atoms with Gasteiger partial charge in [0.1, 0.15) is 17.3 Å². The number of benzene rings is 1. The Hall–Kier alpha value is -2.71. The molecule has 3 N–H and O–H groups in total. The van der Waals surface area contributed by atoms with Gasteiger partial charge in [0.05, 0.1) is 25.4 Å². The fourth-order valence-corrected chi connectivity index (χ4v) is 4.99. The van der Waals surface area contributed by atoms with E-state index in [1.807, 2.05) is 20.8 Å². The van der Waals surface area contributed by atoms with Crippen LogP contribution in [-0.4, -0.2) is 66.7 Å². The van der Waals surface area contributed by atoms with Crippen LogP contribution in [-0.2, 0) is 9.53 Å². The van der Waals surface area contributed by atoms with Crippen LogP contribution in [0.1, 0.15) is 97.5 Å². The maximum Gasteiger partial charge on any atom is 0.270 e. The van der Waals surface area contributed by atoms with Crippen LogP contribution >= 0.6 is 0 Å². The number of aliphatic hydroxyl groups is 1. The number of amides is 1. The molecule has 7 nitrogen and oxygen atoms in total. The van der Waals surface area contributed by atoms with Crippen LogP contribution in [0.15, 0.2) is 47.1 Å². The van der Waals surface area contributed by atoms with Gasteiger partial charge in [0.2, 0.25) is 0 Å². The SMILES string of the molecule is C=CC.CCCCCC(CCC)Oc1ccc(F)cc1C.CCN=C1CCCC/C1=C(/N)C(=O)N1CCOC(CO)C1. The average molecular weight is 590 g/mol. The summed E-state index contributed by atoms with van der Waals surface area (Å²) in [5.74, 6) is 0.474. The van der Waals surface area contributed by atoms with E-state index in [0.29, 0.717) is 31.9 Å². The third-order valence-electron chi connectivity index (χ3n) is 7.14. The van der Waals surface area contributed by atoms with E-state index in [1.165, 1.54) is 31.4 Å². The van der Waals surface area contributed by atoms with Crippen molar-refractivity contribution in [2.45, 2.75) is 111 Å². The number of nitrogens with zero attached hydrogens (tertiary/aromatic N) is 2. The van der Waals surface area contributed by atoms with Crippen molar-refractivity contribution in [1.29, 1.82) is 0 Å². The number of halogens is 1. The summed E-state index contributed by atoms with van der Waals surface area (Å²) in [4.78, 5) is 18.7. The largest absolute Gasteiger partial charge is 0.490 e. The van der Waals surface area contributed by atoms with E-state index < -0.39 is 0 Å². The van der Waals surface area contributed by atoms with Crippen molar-refractivity contribution in [2.75, 3.05) is 32.8 Å². The second kappa shape index (κ2) is 21.9. The molecule has 1 aromatic carbocycles. The zero-order valence-electron chi connectivity index (χ0n) is 26.8. The van der Waals surface area contributed by atoms with Crippen LogP contribution in [0.4, 0.5) is 4.39 Å². The molecule has 3 rings (SSSR count). The highest BCUT2D eigenvalue weighted by atomic mass is 19.1. The standard InChI is InChI=1S/C16H25FO.C15H25N3O3.C3H6/c1-4-6-7-9-15(8-5-2)18-16-11-10-14(17)12-13(16)3;1-2-17-13-6-4-3-5-12(13)14(16)15(20)18-7-8-21-11(9-18)10-19;1-3-2/h10-12,15H,4-9H2,1-3H3;11,19H,2-10,16H2,1H3;3H,1H2,2H3/b;14-12-,17-13?;. The molecular weight excluding hydrogens is 533 g/mol. The van der Waals surface area contributed by atoms with Crippen LogP contribution in [0.2, 0.25) is 0 Å². The van der Waals surface area contributed by atoms with Gasteiger partial charge in [0.15, 0.2) is 0 Å². The highest BCUT2D eigenvalue weighted by Crippen LogP contribution is 2.25. The summed E-state index contributed by atoms with van der Waals surface area (Å²) < 4.78 is 24.4. The molecule has 1 aliphatic heterocycles. The van der Waals surface area contributed by atoms with Crippen molar-refractivity contribution in [3.63, 3.8) is 0 Å². The number of allylic oxidation sites excluding steroid dienone is 2. The zero-order valence-corrected chi connectivity index (χ0v) is 26.8. The van der Waals surface area contributed by atoms with Crippen molar-refractivity contribution in [3.05, 3.63) is 53.5 Å². The van der Waals surface area contributed by atoms with Crippen molar-refractivity contribution < 1.29 is 23.8 Å². The second-order valence-electron chi connectivity index (χ2n) is 10.8. The summed E-state index contributed by atoms with van der Waals surface area (Å²) in [5.41, 5.74) is 9.24. The number of rotatable bonds is 11. The number of unbranched alkanes of at least 4 members (excludes halogenated alkanes) is 2. The molecule has 0 spiro atoms. The molecule has 1 aliphatic carbocycles. The molecule has 2 unspecified atom stereocenters. The van der Waals surface area contributed by atoms with Gasteiger partial charge < -0.3 is 25.2 Å². The maximum atomic E-state index is 13.0. The Bertz CT molecular complexity index is 995. The monoisotopic (exact) mass is 589 g/mol. The molecule has 1 aromatic rings. The Kier molecular flexibility index (Phi) is 19.5. The molecule has 8 heteroatoms. The molecule has 1 amide bonds. The Morgan fingerprint density at radius 3 is 2.57 bits per heavy atom. The van der Waals surface area contributed by atoms with Gasteiger partial charge in [-0.25, -0.2) is 4.39 Å². The van der Waals surface area contributed by atoms with E-state index in [1.54, 1.807) is 17.0 Å². The number of carbonyl (C=O) groups excluding carboxylic acids is 1. The smallest absolute Gasteiger partial charge is 0.270 e. The minimum Gasteiger partial charge on any atom is -0.490 e. The van der Waals surface area contributed by atoms with E-state index in [2.05, 4.69) is 25.4 Å². The van der Waals surface area contributed by atoms with Crippen molar-refractivity contribution in [2.24, 2.45) is 10.7 Å². The van der Waals surface area contributed by atoms with Gasteiger partial charge in [0.25, 0.3) is 5.91 Å². The number of ether oxygens (including phenoxy) is 2. The molecule has 1 heterocycles.